The molecule has 0 spiro atoms. The lowest BCUT2D eigenvalue weighted by Crippen LogP contribution is -2.39. The first kappa shape index (κ1) is 11.7. The molecule has 96 valence electrons. The molecule has 2 bridgehead atoms. The van der Waals surface area contributed by atoms with Gasteiger partial charge in [-0.3, -0.25) is 0 Å². The predicted molar refractivity (Wildman–Crippen MR) is 67.7 cm³/mol. The second-order valence-corrected chi connectivity index (χ2v) is 7.37. The van der Waals surface area contributed by atoms with Crippen LogP contribution in [0.15, 0.2) is 11.1 Å². The summed E-state index contributed by atoms with van der Waals surface area (Å²) in [6.45, 7) is 11.0. The molecule has 3 atom stereocenters. The Bertz CT molecular complexity index is 403. The van der Waals surface area contributed by atoms with Crippen molar-refractivity contribution < 1.29 is 9.84 Å². The van der Waals surface area contributed by atoms with E-state index in [2.05, 4.69) is 27.7 Å². The average Bonchev–Trinajstić information content (AvgIpc) is 2.73. The Labute approximate surface area is 104 Å². The van der Waals surface area contributed by atoms with Gasteiger partial charge in [-0.05, 0) is 48.7 Å². The van der Waals surface area contributed by atoms with E-state index in [0.717, 1.165) is 19.3 Å². The molecular formula is C15H24O2. The van der Waals surface area contributed by atoms with Gasteiger partial charge in [-0.15, -0.1) is 0 Å². The van der Waals surface area contributed by atoms with Crippen LogP contribution in [-0.2, 0) is 4.74 Å². The summed E-state index contributed by atoms with van der Waals surface area (Å²) in [6.07, 6.45) is 3.14. The topological polar surface area (TPSA) is 29.5 Å². The highest BCUT2D eigenvalue weighted by Gasteiger charge is 2.65. The van der Waals surface area contributed by atoms with E-state index in [4.69, 9.17) is 4.74 Å². The van der Waals surface area contributed by atoms with E-state index < -0.39 is 5.60 Å². The summed E-state index contributed by atoms with van der Waals surface area (Å²) in [5, 5.41) is 10.6. The smallest absolute Gasteiger partial charge is 0.0933 e. The van der Waals surface area contributed by atoms with Gasteiger partial charge in [0.2, 0.25) is 0 Å². The van der Waals surface area contributed by atoms with E-state index in [0.29, 0.717) is 5.92 Å². The van der Waals surface area contributed by atoms with Crippen LogP contribution in [0.3, 0.4) is 0 Å². The highest BCUT2D eigenvalue weighted by atomic mass is 16.5. The lowest BCUT2D eigenvalue weighted by molar-refractivity contribution is -0.0341. The zero-order chi connectivity index (χ0) is 12.6. The molecule has 0 aromatic heterocycles. The molecule has 2 aliphatic heterocycles. The fraction of sp³-hybridized carbons (Fsp3) is 0.867. The van der Waals surface area contributed by atoms with Gasteiger partial charge in [0.25, 0.3) is 0 Å². The second-order valence-electron chi connectivity index (χ2n) is 7.37. The van der Waals surface area contributed by atoms with Crippen LogP contribution in [0.5, 0.6) is 0 Å². The van der Waals surface area contributed by atoms with Crippen molar-refractivity contribution in [2.45, 2.75) is 71.2 Å². The fourth-order valence-electron chi connectivity index (χ4n) is 4.34. The first-order chi connectivity index (χ1) is 7.71. The molecule has 2 nitrogen and oxygen atoms in total. The number of hydrogen-bond acceptors (Lipinski definition) is 2. The van der Waals surface area contributed by atoms with Crippen LogP contribution in [-0.4, -0.2) is 22.4 Å². The lowest BCUT2D eigenvalue weighted by atomic mass is 9.65. The van der Waals surface area contributed by atoms with Crippen molar-refractivity contribution in [2.75, 3.05) is 0 Å². The second kappa shape index (κ2) is 2.97. The third-order valence-corrected chi connectivity index (χ3v) is 5.23. The molecule has 3 rings (SSSR count). The van der Waals surface area contributed by atoms with Crippen molar-refractivity contribution in [3.05, 3.63) is 11.1 Å². The molecule has 2 heteroatoms. The molecule has 0 aromatic carbocycles. The van der Waals surface area contributed by atoms with Crippen LogP contribution in [0.1, 0.15) is 53.9 Å². The first-order valence-electron chi connectivity index (χ1n) is 6.85. The van der Waals surface area contributed by atoms with Crippen molar-refractivity contribution in [2.24, 2.45) is 11.3 Å². The minimum Gasteiger partial charge on any atom is -0.386 e. The zero-order valence-corrected chi connectivity index (χ0v) is 11.6. The maximum absolute atomic E-state index is 10.6. The number of fused-ring (bicyclic) bond motifs is 4. The van der Waals surface area contributed by atoms with Crippen LogP contribution in [0, 0.1) is 11.3 Å². The highest BCUT2D eigenvalue weighted by molar-refractivity contribution is 5.47. The van der Waals surface area contributed by atoms with Gasteiger partial charge >= 0.3 is 0 Å². The summed E-state index contributed by atoms with van der Waals surface area (Å²) < 4.78 is 6.41. The third-order valence-electron chi connectivity index (χ3n) is 5.23. The lowest BCUT2D eigenvalue weighted by Gasteiger charge is -2.37. The molecular weight excluding hydrogens is 212 g/mol. The van der Waals surface area contributed by atoms with Crippen molar-refractivity contribution in [3.8, 4) is 0 Å². The van der Waals surface area contributed by atoms with E-state index in [1.54, 1.807) is 0 Å². The predicted octanol–water partition coefficient (Wildman–Crippen LogP) is 3.05. The standard InChI is InChI=1S/C15H24O2/c1-9(2)15-8-13(3,4)12(17-15)11-10(15)6-7-14(11,5)16/h9,12,16H,6-8H2,1-5H3. The summed E-state index contributed by atoms with van der Waals surface area (Å²) >= 11 is 0. The number of hydrogen-bond donors (Lipinski definition) is 1. The normalized spacial score (nSPS) is 47.1. The molecule has 2 heterocycles. The van der Waals surface area contributed by atoms with Crippen LogP contribution in [0.2, 0.25) is 0 Å². The molecule has 1 aliphatic carbocycles. The quantitative estimate of drug-likeness (QED) is 0.709. The maximum Gasteiger partial charge on any atom is 0.0933 e. The van der Waals surface area contributed by atoms with E-state index in [-0.39, 0.29) is 17.1 Å². The van der Waals surface area contributed by atoms with Gasteiger partial charge in [-0.25, -0.2) is 0 Å². The Balaban J connectivity index is 2.16. The summed E-state index contributed by atoms with van der Waals surface area (Å²) in [4.78, 5) is 0. The summed E-state index contributed by atoms with van der Waals surface area (Å²) in [5.74, 6) is 0.494. The molecule has 0 saturated carbocycles. The molecule has 3 aliphatic rings. The molecule has 17 heavy (non-hydrogen) atoms. The monoisotopic (exact) mass is 236 g/mol. The molecule has 0 aromatic rings. The van der Waals surface area contributed by atoms with E-state index in [9.17, 15) is 5.11 Å². The Morgan fingerprint density at radius 3 is 2.53 bits per heavy atom. The highest BCUT2D eigenvalue weighted by Crippen LogP contribution is 2.64. The van der Waals surface area contributed by atoms with Crippen LogP contribution < -0.4 is 0 Å². The first-order valence-corrected chi connectivity index (χ1v) is 6.85. The Kier molecular flexibility index (Phi) is 2.05. The minimum absolute atomic E-state index is 0.0794. The maximum atomic E-state index is 10.6. The van der Waals surface area contributed by atoms with Gasteiger partial charge in [0.05, 0.1) is 17.3 Å². The van der Waals surface area contributed by atoms with Crippen LogP contribution in [0.4, 0.5) is 0 Å². The molecule has 0 radical (unpaired) electrons. The Morgan fingerprint density at radius 2 is 1.94 bits per heavy atom. The third kappa shape index (κ3) is 1.23. The van der Waals surface area contributed by atoms with Gasteiger partial charge in [0, 0.05) is 0 Å². The zero-order valence-electron chi connectivity index (χ0n) is 11.6. The van der Waals surface area contributed by atoms with Crippen molar-refractivity contribution >= 4 is 0 Å². The van der Waals surface area contributed by atoms with Crippen molar-refractivity contribution in [1.82, 2.24) is 0 Å². The molecule has 3 unspecified atom stereocenters. The number of ether oxygens (including phenoxy) is 1. The van der Waals surface area contributed by atoms with Crippen molar-refractivity contribution in [1.29, 1.82) is 0 Å². The SMILES string of the molecule is CC(C)C12CC(C)(C)C(O1)C1=C2CCC1(C)O. The van der Waals surface area contributed by atoms with Gasteiger partial charge in [0.15, 0.2) is 0 Å². The summed E-state index contributed by atoms with van der Waals surface area (Å²) in [6, 6.07) is 0. The Hall–Kier alpha value is -0.340. The van der Waals surface area contributed by atoms with Gasteiger partial charge in [-0.2, -0.15) is 0 Å². The fourth-order valence-corrected chi connectivity index (χ4v) is 4.34. The number of rotatable bonds is 1. The van der Waals surface area contributed by atoms with Crippen LogP contribution >= 0.6 is 0 Å². The average molecular weight is 236 g/mol. The van der Waals surface area contributed by atoms with Gasteiger partial charge < -0.3 is 9.84 Å². The van der Waals surface area contributed by atoms with Gasteiger partial charge in [-0.1, -0.05) is 27.7 Å². The molecule has 1 saturated heterocycles. The largest absolute Gasteiger partial charge is 0.386 e. The van der Waals surface area contributed by atoms with E-state index in [1.165, 1.54) is 11.1 Å². The Morgan fingerprint density at radius 1 is 1.29 bits per heavy atom. The van der Waals surface area contributed by atoms with E-state index in [1.807, 2.05) is 6.92 Å². The van der Waals surface area contributed by atoms with Crippen molar-refractivity contribution in [3.63, 3.8) is 0 Å². The molecule has 0 amide bonds. The minimum atomic E-state index is -0.631. The summed E-state index contributed by atoms with van der Waals surface area (Å²) in [7, 11) is 0. The number of aliphatic hydroxyl groups is 1. The molecule has 1 fully saturated rings. The van der Waals surface area contributed by atoms with Crippen LogP contribution in [0.25, 0.3) is 0 Å². The van der Waals surface area contributed by atoms with E-state index >= 15 is 0 Å². The molecule has 1 N–H and O–H groups in total. The summed E-state index contributed by atoms with van der Waals surface area (Å²) in [5.41, 5.74) is 2.11. The van der Waals surface area contributed by atoms with Gasteiger partial charge in [0.1, 0.15) is 0 Å².